The van der Waals surface area contributed by atoms with Gasteiger partial charge in [0.25, 0.3) is 5.56 Å². The van der Waals surface area contributed by atoms with Gasteiger partial charge >= 0.3 is 5.69 Å². The largest absolute Gasteiger partial charge is 0.858 e. The summed E-state index contributed by atoms with van der Waals surface area (Å²) in [5.41, 5.74) is -1.02. The first kappa shape index (κ1) is 32.0. The predicted molar refractivity (Wildman–Crippen MR) is 158 cm³/mol. The number of thioether (sulfide) groups is 4. The summed E-state index contributed by atoms with van der Waals surface area (Å²) < 4.78 is 2.91. The fourth-order valence-electron chi connectivity index (χ4n) is 4.39. The number of hydrogen-bond acceptors (Lipinski definition) is 10. The molecule has 2 aromatic heterocycles. The molecule has 0 saturated heterocycles. The molecule has 0 saturated carbocycles. The number of unbranched alkanes of at least 4 members (excludes halogenated alkanes) is 4. The van der Waals surface area contributed by atoms with Gasteiger partial charge in [0, 0.05) is 5.88 Å². The molecule has 0 aromatic carbocycles. The molecule has 0 atom stereocenters. The maximum Gasteiger partial charge on any atom is 0.326 e. The summed E-state index contributed by atoms with van der Waals surface area (Å²) in [7, 11) is 0. The molecule has 0 amide bonds. The zero-order chi connectivity index (χ0) is 28.4. The van der Waals surface area contributed by atoms with Crippen molar-refractivity contribution in [3.63, 3.8) is 0 Å². The van der Waals surface area contributed by atoms with E-state index in [1.165, 1.54) is 129 Å². The molecule has 0 fully saturated rings. The van der Waals surface area contributed by atoms with Crippen LogP contribution in [0.2, 0.25) is 0 Å². The number of aromatic amines is 2. The average Bonchev–Trinajstić information content (AvgIpc) is 3.53. The monoisotopic (exact) mass is 612 g/mol. The first-order valence-corrected chi connectivity index (χ1v) is 17.0. The van der Waals surface area contributed by atoms with E-state index < -0.39 is 23.1 Å². The second-order valence-electron chi connectivity index (χ2n) is 9.65. The third-order valence-electron chi connectivity index (χ3n) is 6.53. The van der Waals surface area contributed by atoms with Gasteiger partial charge < -0.3 is 19.7 Å². The summed E-state index contributed by atoms with van der Waals surface area (Å²) in [6.45, 7) is 15.0. The van der Waals surface area contributed by atoms with E-state index in [1.54, 1.807) is 0 Å². The van der Waals surface area contributed by atoms with Crippen LogP contribution in [0.5, 0.6) is 11.9 Å². The van der Waals surface area contributed by atoms with Gasteiger partial charge in [-0.1, -0.05) is 100 Å². The van der Waals surface area contributed by atoms with Crippen LogP contribution < -0.4 is 21.5 Å². The Morgan fingerprint density at radius 2 is 1.21 bits per heavy atom. The number of quaternary nitrogens is 1. The number of hydrogen-bond donors (Lipinski definition) is 2. The van der Waals surface area contributed by atoms with E-state index in [0.29, 0.717) is 19.8 Å². The highest BCUT2D eigenvalue weighted by Gasteiger charge is 2.30. The summed E-state index contributed by atoms with van der Waals surface area (Å²) in [5.74, 6) is -0.597. The first-order valence-electron chi connectivity index (χ1n) is 13.7. The molecular formula is C26H38N5O4S4-. The molecule has 0 unspecified atom stereocenters. The van der Waals surface area contributed by atoms with E-state index in [9.17, 15) is 19.8 Å². The van der Waals surface area contributed by atoms with E-state index in [0.717, 1.165) is 8.47 Å². The predicted octanol–water partition coefficient (Wildman–Crippen LogP) is 5.23. The van der Waals surface area contributed by atoms with E-state index in [1.807, 2.05) is 0 Å². The zero-order valence-electron chi connectivity index (χ0n) is 23.1. The van der Waals surface area contributed by atoms with Crippen LogP contribution in [-0.2, 0) is 0 Å². The highest BCUT2D eigenvalue weighted by Crippen LogP contribution is 2.60. The van der Waals surface area contributed by atoms with Crippen molar-refractivity contribution in [1.82, 2.24) is 19.9 Å². The van der Waals surface area contributed by atoms with Gasteiger partial charge in [0.1, 0.15) is 14.9 Å². The molecule has 0 bridgehead atoms. The Balaban J connectivity index is 0.000000225. The second-order valence-corrected chi connectivity index (χ2v) is 14.2. The van der Waals surface area contributed by atoms with Crippen LogP contribution in [0.25, 0.3) is 0 Å². The fourth-order valence-corrected chi connectivity index (χ4v) is 9.46. The molecule has 2 aromatic rings. The summed E-state index contributed by atoms with van der Waals surface area (Å²) in [5, 5.41) is 23.7. The molecule has 2 N–H and O–H groups in total. The minimum absolute atomic E-state index is 0.312. The number of H-pyrrole nitrogens is 2. The Morgan fingerprint density at radius 1 is 0.692 bits per heavy atom. The van der Waals surface area contributed by atoms with Crippen molar-refractivity contribution in [3.05, 3.63) is 29.3 Å². The van der Waals surface area contributed by atoms with E-state index in [-0.39, 0.29) is 0 Å². The Kier molecular flexibility index (Phi) is 12.7. The lowest BCUT2D eigenvalue weighted by atomic mass is 10.1. The van der Waals surface area contributed by atoms with E-state index in [2.05, 4.69) is 47.6 Å². The topological polar surface area (TPSA) is 138 Å². The molecule has 39 heavy (non-hydrogen) atoms. The smallest absolute Gasteiger partial charge is 0.326 e. The molecule has 13 heteroatoms. The number of nitrogens with one attached hydrogen (secondary N) is 2. The standard InChI is InChI=1S/C16H36N.C10H4N4O4S4/c1-5-9-13-17(14-10-6-2,15-11-7-3)16-12-8-4;15-3-1-5(13-9(17)11-3)21-7(19-1)8-20-2-4(16)12-10(18)14-6(2)22-8/h5-16H2,1-4H3;(H2,11,13,15,17)(H2,12,14,16,18)/q+1;/p-2/b;8-7+. The van der Waals surface area contributed by atoms with Gasteiger partial charge in [-0.15, -0.1) is 0 Å². The van der Waals surface area contributed by atoms with E-state index >= 15 is 0 Å². The van der Waals surface area contributed by atoms with Gasteiger partial charge in [-0.05, 0) is 25.7 Å². The Morgan fingerprint density at radius 3 is 1.74 bits per heavy atom. The van der Waals surface area contributed by atoms with Crippen molar-refractivity contribution in [1.29, 1.82) is 0 Å². The Bertz CT molecular complexity index is 1230. The van der Waals surface area contributed by atoms with Gasteiger partial charge in [-0.25, -0.2) is 9.78 Å². The lowest BCUT2D eigenvalue weighted by molar-refractivity contribution is -0.929. The number of aromatic nitrogens is 4. The van der Waals surface area contributed by atoms with Gasteiger partial charge in [0.2, 0.25) is 0 Å². The number of rotatable bonds is 12. The molecule has 216 valence electrons. The van der Waals surface area contributed by atoms with Crippen LogP contribution in [0.15, 0.2) is 37.9 Å². The second kappa shape index (κ2) is 15.5. The maximum absolute atomic E-state index is 11.7. The van der Waals surface area contributed by atoms with Crippen LogP contribution in [0.3, 0.4) is 0 Å². The van der Waals surface area contributed by atoms with Crippen LogP contribution in [0, 0.1) is 0 Å². The fraction of sp³-hybridized carbons (Fsp3) is 0.615. The van der Waals surface area contributed by atoms with Crippen LogP contribution in [0.4, 0.5) is 0 Å². The zero-order valence-corrected chi connectivity index (χ0v) is 26.4. The van der Waals surface area contributed by atoms with Gasteiger partial charge in [0.15, 0.2) is 0 Å². The van der Waals surface area contributed by atoms with Gasteiger partial charge in [0.05, 0.1) is 45.6 Å². The highest BCUT2D eigenvalue weighted by atomic mass is 32.2. The van der Waals surface area contributed by atoms with Crippen LogP contribution >= 0.6 is 47.0 Å². The molecule has 4 heterocycles. The van der Waals surface area contributed by atoms with Crippen molar-refractivity contribution >= 4 is 47.0 Å². The molecule has 2 aliphatic heterocycles. The van der Waals surface area contributed by atoms with Gasteiger partial charge in [-0.3, -0.25) is 14.8 Å². The van der Waals surface area contributed by atoms with Crippen molar-refractivity contribution in [3.8, 4) is 11.9 Å². The Hall–Kier alpha value is -1.54. The number of fused-ring (bicyclic) bond motifs is 2. The molecular weight excluding hydrogens is 575 g/mol. The molecule has 2 aliphatic rings. The molecule has 0 spiro atoms. The summed E-state index contributed by atoms with van der Waals surface area (Å²) in [6, 6.07) is -0.807. The summed E-state index contributed by atoms with van der Waals surface area (Å²) >= 11 is 4.81. The van der Waals surface area contributed by atoms with Crippen LogP contribution in [0.1, 0.15) is 79.1 Å². The highest BCUT2D eigenvalue weighted by molar-refractivity contribution is 8.30. The van der Waals surface area contributed by atoms with Crippen molar-refractivity contribution in [2.24, 2.45) is 0 Å². The maximum atomic E-state index is 11.7. The number of nitrogens with zero attached hydrogens (tertiary/aromatic N) is 3. The lowest BCUT2D eigenvalue weighted by Gasteiger charge is -2.39. The van der Waals surface area contributed by atoms with Crippen molar-refractivity contribution in [2.45, 2.75) is 98.9 Å². The lowest BCUT2D eigenvalue weighted by Crippen LogP contribution is -2.50. The minimum Gasteiger partial charge on any atom is -0.858 e. The van der Waals surface area contributed by atoms with E-state index in [4.69, 9.17) is 0 Å². The first-order chi connectivity index (χ1) is 18.8. The summed E-state index contributed by atoms with van der Waals surface area (Å²) in [4.78, 5) is 35.5. The van der Waals surface area contributed by atoms with Crippen LogP contribution in [-0.4, -0.2) is 50.6 Å². The third-order valence-corrected chi connectivity index (χ3v) is 12.0. The van der Waals surface area contributed by atoms with Crippen molar-refractivity contribution < 1.29 is 14.7 Å². The Labute approximate surface area is 247 Å². The quantitative estimate of drug-likeness (QED) is 0.242. The molecule has 9 nitrogen and oxygen atoms in total. The molecule has 4 rings (SSSR count). The SMILES string of the molecule is CCCC[N+](CCCC)(CCCC)CCCC.O=c1[nH]c2c(c(=O)[nH]1)S/C(=C1\Sc3nc([O-])nc([O-])c3S1)S2. The normalized spacial score (nSPS) is 16.1. The van der Waals surface area contributed by atoms with Crippen molar-refractivity contribution in [2.75, 3.05) is 26.2 Å². The molecule has 0 radical (unpaired) electrons. The average molecular weight is 613 g/mol. The summed E-state index contributed by atoms with van der Waals surface area (Å²) in [6.07, 6.45) is 11.1. The minimum atomic E-state index is -0.807. The molecule has 0 aliphatic carbocycles. The third kappa shape index (κ3) is 8.72. The van der Waals surface area contributed by atoms with Gasteiger partial charge in [-0.2, -0.15) is 0 Å².